The molecule has 1 saturated carbocycles. The molecule has 0 amide bonds. The largest absolute Gasteiger partial charge is 0.466 e. The van der Waals surface area contributed by atoms with E-state index in [1.165, 1.54) is 0 Å². The van der Waals surface area contributed by atoms with Crippen LogP contribution in [0.3, 0.4) is 0 Å². The SMILES string of the molecule is CCOC(=O)[C@@H]1CC[C@@H](O)[C@H]1O. The van der Waals surface area contributed by atoms with E-state index in [-0.39, 0.29) is 0 Å². The van der Waals surface area contributed by atoms with Crippen molar-refractivity contribution in [2.45, 2.75) is 32.0 Å². The van der Waals surface area contributed by atoms with Crippen LogP contribution in [0.4, 0.5) is 0 Å². The molecule has 0 spiro atoms. The lowest BCUT2D eigenvalue weighted by atomic mass is 10.1. The average molecular weight is 174 g/mol. The highest BCUT2D eigenvalue weighted by atomic mass is 16.5. The molecule has 0 aromatic heterocycles. The maximum absolute atomic E-state index is 11.1. The summed E-state index contributed by atoms with van der Waals surface area (Å²) in [4.78, 5) is 11.1. The van der Waals surface area contributed by atoms with Gasteiger partial charge in [-0.3, -0.25) is 4.79 Å². The summed E-state index contributed by atoms with van der Waals surface area (Å²) in [6.45, 7) is 2.04. The standard InChI is InChI=1S/C8H14O4/c1-2-12-8(11)5-3-4-6(9)7(5)10/h5-7,9-10H,2-4H2,1H3/t5-,6-,7+/m1/s1. The molecule has 0 aromatic carbocycles. The van der Waals surface area contributed by atoms with E-state index in [9.17, 15) is 9.90 Å². The van der Waals surface area contributed by atoms with Crippen molar-refractivity contribution in [1.29, 1.82) is 0 Å². The first-order valence-corrected chi connectivity index (χ1v) is 4.19. The van der Waals surface area contributed by atoms with Crippen LogP contribution < -0.4 is 0 Å². The van der Waals surface area contributed by atoms with E-state index < -0.39 is 24.1 Å². The normalized spacial score (nSPS) is 35.1. The lowest BCUT2D eigenvalue weighted by molar-refractivity contribution is -0.152. The molecule has 70 valence electrons. The molecule has 1 fully saturated rings. The molecule has 0 bridgehead atoms. The van der Waals surface area contributed by atoms with Gasteiger partial charge in [0.1, 0.15) is 0 Å². The Bertz CT molecular complexity index is 168. The first-order chi connectivity index (χ1) is 5.66. The Labute approximate surface area is 71.2 Å². The van der Waals surface area contributed by atoms with Crippen molar-refractivity contribution in [1.82, 2.24) is 0 Å². The topological polar surface area (TPSA) is 66.8 Å². The second kappa shape index (κ2) is 3.87. The monoisotopic (exact) mass is 174 g/mol. The molecule has 0 unspecified atom stereocenters. The second-order valence-electron chi connectivity index (χ2n) is 2.99. The highest BCUT2D eigenvalue weighted by molar-refractivity contribution is 5.73. The first kappa shape index (κ1) is 9.48. The molecule has 4 nitrogen and oxygen atoms in total. The summed E-state index contributed by atoms with van der Waals surface area (Å²) in [5.74, 6) is -0.929. The van der Waals surface area contributed by atoms with Crippen LogP contribution in [0.2, 0.25) is 0 Å². The van der Waals surface area contributed by atoms with E-state index in [0.29, 0.717) is 19.4 Å². The number of carbonyl (C=O) groups is 1. The van der Waals surface area contributed by atoms with Gasteiger partial charge in [-0.2, -0.15) is 0 Å². The molecule has 0 radical (unpaired) electrons. The van der Waals surface area contributed by atoms with Gasteiger partial charge >= 0.3 is 5.97 Å². The number of esters is 1. The van der Waals surface area contributed by atoms with Crippen LogP contribution in [0, 0.1) is 5.92 Å². The van der Waals surface area contributed by atoms with Crippen LogP contribution in [0.1, 0.15) is 19.8 Å². The van der Waals surface area contributed by atoms with Gasteiger partial charge in [0.05, 0.1) is 24.7 Å². The third-order valence-electron chi connectivity index (χ3n) is 2.17. The van der Waals surface area contributed by atoms with Gasteiger partial charge in [-0.25, -0.2) is 0 Å². The molecule has 0 aliphatic heterocycles. The predicted molar refractivity (Wildman–Crippen MR) is 41.4 cm³/mol. The molecule has 12 heavy (non-hydrogen) atoms. The van der Waals surface area contributed by atoms with Gasteiger partial charge in [0.15, 0.2) is 0 Å². The van der Waals surface area contributed by atoms with Gasteiger partial charge in [0.25, 0.3) is 0 Å². The van der Waals surface area contributed by atoms with Crippen molar-refractivity contribution in [3.63, 3.8) is 0 Å². The maximum Gasteiger partial charge on any atom is 0.311 e. The lowest BCUT2D eigenvalue weighted by Crippen LogP contribution is -2.31. The average Bonchev–Trinajstić information content (AvgIpc) is 2.34. The third kappa shape index (κ3) is 1.76. The molecule has 4 heteroatoms. The molecule has 0 saturated heterocycles. The summed E-state index contributed by atoms with van der Waals surface area (Å²) >= 11 is 0. The van der Waals surface area contributed by atoms with E-state index in [0.717, 1.165) is 0 Å². The molecular formula is C8H14O4. The summed E-state index contributed by atoms with van der Waals surface area (Å²) in [7, 11) is 0. The van der Waals surface area contributed by atoms with Crippen LogP contribution in [-0.2, 0) is 9.53 Å². The smallest absolute Gasteiger partial charge is 0.311 e. The third-order valence-corrected chi connectivity index (χ3v) is 2.17. The van der Waals surface area contributed by atoms with Gasteiger partial charge in [0, 0.05) is 0 Å². The van der Waals surface area contributed by atoms with Crippen LogP contribution in [0.25, 0.3) is 0 Å². The summed E-state index contributed by atoms with van der Waals surface area (Å²) in [6, 6.07) is 0. The fraction of sp³-hybridized carbons (Fsp3) is 0.875. The van der Waals surface area contributed by atoms with Crippen LogP contribution in [0.5, 0.6) is 0 Å². The van der Waals surface area contributed by atoms with E-state index in [1.54, 1.807) is 6.92 Å². The van der Waals surface area contributed by atoms with Gasteiger partial charge in [0.2, 0.25) is 0 Å². The molecule has 0 aromatic rings. The van der Waals surface area contributed by atoms with E-state index in [2.05, 4.69) is 0 Å². The summed E-state index contributed by atoms with van der Waals surface area (Å²) in [5.41, 5.74) is 0. The van der Waals surface area contributed by atoms with E-state index in [1.807, 2.05) is 0 Å². The summed E-state index contributed by atoms with van der Waals surface area (Å²) in [6.07, 6.45) is -0.713. The summed E-state index contributed by atoms with van der Waals surface area (Å²) < 4.78 is 4.73. The number of aliphatic hydroxyl groups is 2. The summed E-state index contributed by atoms with van der Waals surface area (Å²) in [5, 5.41) is 18.4. The molecule has 1 aliphatic carbocycles. The minimum atomic E-state index is -0.941. The fourth-order valence-corrected chi connectivity index (χ4v) is 1.47. The molecule has 3 atom stereocenters. The zero-order valence-corrected chi connectivity index (χ0v) is 7.06. The number of carbonyl (C=O) groups excluding carboxylic acids is 1. The van der Waals surface area contributed by atoms with Gasteiger partial charge in [-0.05, 0) is 19.8 Å². The second-order valence-corrected chi connectivity index (χ2v) is 2.99. The zero-order valence-electron chi connectivity index (χ0n) is 7.06. The lowest BCUT2D eigenvalue weighted by Gasteiger charge is -2.14. The molecule has 1 aliphatic rings. The molecule has 1 rings (SSSR count). The minimum absolute atomic E-state index is 0.318. The van der Waals surface area contributed by atoms with Crippen molar-refractivity contribution in [2.75, 3.05) is 6.61 Å². The van der Waals surface area contributed by atoms with Crippen LogP contribution in [-0.4, -0.2) is 35.0 Å². The predicted octanol–water partition coefficient (Wildman–Crippen LogP) is -0.319. The van der Waals surface area contributed by atoms with Gasteiger partial charge < -0.3 is 14.9 Å². The quantitative estimate of drug-likeness (QED) is 0.563. The molecule has 0 heterocycles. The number of ether oxygens (including phenoxy) is 1. The van der Waals surface area contributed by atoms with Gasteiger partial charge in [-0.1, -0.05) is 0 Å². The highest BCUT2D eigenvalue weighted by Gasteiger charge is 2.38. The fourth-order valence-electron chi connectivity index (χ4n) is 1.47. The highest BCUT2D eigenvalue weighted by Crippen LogP contribution is 2.26. The Hall–Kier alpha value is -0.610. The Morgan fingerprint density at radius 1 is 1.50 bits per heavy atom. The van der Waals surface area contributed by atoms with Crippen molar-refractivity contribution in [3.05, 3.63) is 0 Å². The number of aliphatic hydroxyl groups excluding tert-OH is 2. The Balaban J connectivity index is 2.47. The zero-order chi connectivity index (χ0) is 9.14. The Morgan fingerprint density at radius 3 is 2.58 bits per heavy atom. The first-order valence-electron chi connectivity index (χ1n) is 4.19. The van der Waals surface area contributed by atoms with Crippen molar-refractivity contribution >= 4 is 5.97 Å². The van der Waals surface area contributed by atoms with E-state index >= 15 is 0 Å². The number of rotatable bonds is 2. The Morgan fingerprint density at radius 2 is 2.17 bits per heavy atom. The van der Waals surface area contributed by atoms with Crippen molar-refractivity contribution in [3.8, 4) is 0 Å². The Kier molecular flexibility index (Phi) is 3.05. The minimum Gasteiger partial charge on any atom is -0.466 e. The van der Waals surface area contributed by atoms with Crippen LogP contribution in [0.15, 0.2) is 0 Å². The van der Waals surface area contributed by atoms with Crippen molar-refractivity contribution < 1.29 is 19.7 Å². The molecule has 2 N–H and O–H groups in total. The molecular weight excluding hydrogens is 160 g/mol. The van der Waals surface area contributed by atoms with Crippen LogP contribution >= 0.6 is 0 Å². The number of hydrogen-bond donors (Lipinski definition) is 2. The van der Waals surface area contributed by atoms with Gasteiger partial charge in [-0.15, -0.1) is 0 Å². The maximum atomic E-state index is 11.1. The number of hydrogen-bond acceptors (Lipinski definition) is 4. The van der Waals surface area contributed by atoms with Crippen molar-refractivity contribution in [2.24, 2.45) is 5.92 Å². The van der Waals surface area contributed by atoms with E-state index in [4.69, 9.17) is 9.84 Å².